The molecule has 1 aromatic carbocycles. The molecule has 1 heterocycles. The first-order valence-corrected chi connectivity index (χ1v) is 6.55. The van der Waals surface area contributed by atoms with Crippen LogP contribution in [0.2, 0.25) is 0 Å². The zero-order valence-electron chi connectivity index (χ0n) is 10.4. The molecule has 0 spiro atoms. The fourth-order valence-electron chi connectivity index (χ4n) is 2.84. The van der Waals surface area contributed by atoms with E-state index in [1.807, 2.05) is 12.3 Å². The highest BCUT2D eigenvalue weighted by molar-refractivity contribution is 5.40. The third-order valence-corrected chi connectivity index (χ3v) is 3.77. The van der Waals surface area contributed by atoms with Gasteiger partial charge in [-0.15, -0.1) is 0 Å². The van der Waals surface area contributed by atoms with Crippen molar-refractivity contribution in [2.45, 2.75) is 31.2 Å². The maximum atomic E-state index is 6.25. The molecule has 0 fully saturated rings. The molecular formula is C16H18N2. The van der Waals surface area contributed by atoms with Gasteiger partial charge in [-0.1, -0.05) is 30.3 Å². The summed E-state index contributed by atoms with van der Waals surface area (Å²) in [4.78, 5) is 4.13. The summed E-state index contributed by atoms with van der Waals surface area (Å²) in [5.41, 5.74) is 10.5. The Morgan fingerprint density at radius 1 is 1.22 bits per heavy atom. The molecule has 1 aliphatic rings. The van der Waals surface area contributed by atoms with E-state index in [0.29, 0.717) is 5.92 Å². The van der Waals surface area contributed by atoms with Crippen LogP contribution < -0.4 is 5.73 Å². The third-order valence-electron chi connectivity index (χ3n) is 3.77. The zero-order chi connectivity index (χ0) is 12.4. The number of nitrogens with two attached hydrogens (primary N) is 1. The minimum Gasteiger partial charge on any atom is -0.327 e. The van der Waals surface area contributed by atoms with Crippen molar-refractivity contribution in [1.29, 1.82) is 0 Å². The van der Waals surface area contributed by atoms with Gasteiger partial charge in [0.25, 0.3) is 0 Å². The Morgan fingerprint density at radius 2 is 2.11 bits per heavy atom. The van der Waals surface area contributed by atoms with E-state index in [1.165, 1.54) is 23.1 Å². The molecule has 1 aromatic heterocycles. The lowest BCUT2D eigenvalue weighted by atomic mass is 9.74. The first-order valence-electron chi connectivity index (χ1n) is 6.55. The number of rotatable bonds is 4. The van der Waals surface area contributed by atoms with E-state index in [1.54, 1.807) is 6.20 Å². The number of fused-ring (bicyclic) bond motifs is 1. The Balaban J connectivity index is 1.59. The zero-order valence-corrected chi connectivity index (χ0v) is 10.4. The number of pyridine rings is 1. The topological polar surface area (TPSA) is 38.9 Å². The molecule has 2 N–H and O–H groups in total. The lowest BCUT2D eigenvalue weighted by Crippen LogP contribution is -2.29. The first kappa shape index (κ1) is 11.4. The molecule has 2 unspecified atom stereocenters. The van der Waals surface area contributed by atoms with Gasteiger partial charge in [0.1, 0.15) is 0 Å². The lowest BCUT2D eigenvalue weighted by Gasteiger charge is -2.32. The highest BCUT2D eigenvalue weighted by Crippen LogP contribution is 2.37. The second kappa shape index (κ2) is 4.91. The van der Waals surface area contributed by atoms with Crippen LogP contribution >= 0.6 is 0 Å². The quantitative estimate of drug-likeness (QED) is 0.889. The molecular weight excluding hydrogens is 220 g/mol. The van der Waals surface area contributed by atoms with E-state index in [0.717, 1.165) is 12.8 Å². The van der Waals surface area contributed by atoms with Crippen LogP contribution in [0.25, 0.3) is 0 Å². The van der Waals surface area contributed by atoms with Crippen LogP contribution in [0, 0.1) is 0 Å². The normalized spacial score (nSPS) is 18.8. The molecule has 92 valence electrons. The molecule has 2 aromatic rings. The van der Waals surface area contributed by atoms with Gasteiger partial charge in [-0.2, -0.15) is 0 Å². The third kappa shape index (κ3) is 2.29. The number of nitrogens with zero attached hydrogens (tertiary/aromatic N) is 1. The lowest BCUT2D eigenvalue weighted by molar-refractivity contribution is 0.484. The van der Waals surface area contributed by atoms with E-state index in [9.17, 15) is 0 Å². The van der Waals surface area contributed by atoms with Gasteiger partial charge in [0.15, 0.2) is 0 Å². The molecule has 1 aliphatic carbocycles. The molecule has 0 radical (unpaired) electrons. The van der Waals surface area contributed by atoms with Gasteiger partial charge < -0.3 is 5.73 Å². The molecule has 2 heteroatoms. The van der Waals surface area contributed by atoms with E-state index in [-0.39, 0.29) is 6.04 Å². The maximum Gasteiger partial charge on any atom is 0.0300 e. The molecule has 18 heavy (non-hydrogen) atoms. The van der Waals surface area contributed by atoms with Gasteiger partial charge in [-0.3, -0.25) is 4.98 Å². The number of hydrogen-bond donors (Lipinski definition) is 1. The second-order valence-electron chi connectivity index (χ2n) is 5.16. The number of hydrogen-bond acceptors (Lipinski definition) is 2. The number of benzene rings is 1. The maximum absolute atomic E-state index is 6.25. The predicted molar refractivity (Wildman–Crippen MR) is 73.4 cm³/mol. The summed E-state index contributed by atoms with van der Waals surface area (Å²) in [6.07, 6.45) is 6.90. The Bertz CT molecular complexity index is 522. The van der Waals surface area contributed by atoms with Gasteiger partial charge in [0.2, 0.25) is 0 Å². The largest absolute Gasteiger partial charge is 0.327 e. The number of aromatic nitrogens is 1. The summed E-state index contributed by atoms with van der Waals surface area (Å²) in [5, 5.41) is 0. The molecule has 0 bridgehead atoms. The summed E-state index contributed by atoms with van der Waals surface area (Å²) in [6, 6.07) is 13.0. The summed E-state index contributed by atoms with van der Waals surface area (Å²) < 4.78 is 0. The SMILES string of the molecule is NC(Cc1cccnc1)CC1Cc2ccccc21. The monoisotopic (exact) mass is 238 g/mol. The Morgan fingerprint density at radius 3 is 2.89 bits per heavy atom. The summed E-state index contributed by atoms with van der Waals surface area (Å²) in [6.45, 7) is 0. The van der Waals surface area contributed by atoms with Crippen LogP contribution in [0.15, 0.2) is 48.8 Å². The molecule has 2 atom stereocenters. The molecule has 2 nitrogen and oxygen atoms in total. The minimum atomic E-state index is 0.229. The minimum absolute atomic E-state index is 0.229. The predicted octanol–water partition coefficient (Wildman–Crippen LogP) is 2.68. The second-order valence-corrected chi connectivity index (χ2v) is 5.16. The smallest absolute Gasteiger partial charge is 0.0300 e. The molecule has 3 rings (SSSR count). The molecule has 0 saturated heterocycles. The first-order chi connectivity index (χ1) is 8.83. The molecule has 0 amide bonds. The van der Waals surface area contributed by atoms with E-state index in [2.05, 4.69) is 35.3 Å². The van der Waals surface area contributed by atoms with Crippen molar-refractivity contribution in [3.05, 3.63) is 65.5 Å². The van der Waals surface area contributed by atoms with Gasteiger partial charge in [-0.05, 0) is 47.9 Å². The van der Waals surface area contributed by atoms with E-state index >= 15 is 0 Å². The van der Waals surface area contributed by atoms with Gasteiger partial charge in [0.05, 0.1) is 0 Å². The highest BCUT2D eigenvalue weighted by atomic mass is 14.6. The van der Waals surface area contributed by atoms with Crippen molar-refractivity contribution in [3.8, 4) is 0 Å². The van der Waals surface area contributed by atoms with Crippen LogP contribution in [0.3, 0.4) is 0 Å². The van der Waals surface area contributed by atoms with Crippen molar-refractivity contribution >= 4 is 0 Å². The standard InChI is InChI=1S/C16H18N2/c17-15(8-12-4-3-7-18-11-12)10-14-9-13-5-1-2-6-16(13)14/h1-7,11,14-15H,8-10,17H2. The summed E-state index contributed by atoms with van der Waals surface area (Å²) >= 11 is 0. The van der Waals surface area contributed by atoms with Crippen LogP contribution in [0.4, 0.5) is 0 Å². The van der Waals surface area contributed by atoms with Crippen molar-refractivity contribution < 1.29 is 0 Å². The highest BCUT2D eigenvalue weighted by Gasteiger charge is 2.26. The molecule has 0 saturated carbocycles. The van der Waals surface area contributed by atoms with Gasteiger partial charge in [0, 0.05) is 18.4 Å². The summed E-state index contributed by atoms with van der Waals surface area (Å²) in [5.74, 6) is 0.660. The van der Waals surface area contributed by atoms with E-state index < -0.39 is 0 Å². The van der Waals surface area contributed by atoms with Crippen LogP contribution in [-0.2, 0) is 12.8 Å². The fraction of sp³-hybridized carbons (Fsp3) is 0.312. The average molecular weight is 238 g/mol. The summed E-state index contributed by atoms with van der Waals surface area (Å²) in [7, 11) is 0. The fourth-order valence-corrected chi connectivity index (χ4v) is 2.84. The Kier molecular flexibility index (Phi) is 3.11. The Hall–Kier alpha value is -1.67. The van der Waals surface area contributed by atoms with Crippen molar-refractivity contribution in [2.75, 3.05) is 0 Å². The van der Waals surface area contributed by atoms with E-state index in [4.69, 9.17) is 5.73 Å². The van der Waals surface area contributed by atoms with Gasteiger partial charge >= 0.3 is 0 Å². The van der Waals surface area contributed by atoms with Crippen LogP contribution in [0.5, 0.6) is 0 Å². The van der Waals surface area contributed by atoms with Crippen molar-refractivity contribution in [2.24, 2.45) is 5.73 Å². The van der Waals surface area contributed by atoms with Crippen molar-refractivity contribution in [1.82, 2.24) is 4.98 Å². The van der Waals surface area contributed by atoms with Crippen LogP contribution in [-0.4, -0.2) is 11.0 Å². The van der Waals surface area contributed by atoms with Crippen molar-refractivity contribution in [3.63, 3.8) is 0 Å². The van der Waals surface area contributed by atoms with Crippen LogP contribution in [0.1, 0.15) is 29.0 Å². The van der Waals surface area contributed by atoms with Gasteiger partial charge in [-0.25, -0.2) is 0 Å². The molecule has 0 aliphatic heterocycles. The Labute approximate surface area is 108 Å². The average Bonchev–Trinajstić information content (AvgIpc) is 2.37.